The van der Waals surface area contributed by atoms with Gasteiger partial charge >= 0.3 is 0 Å². The first-order chi connectivity index (χ1) is 9.15. The van der Waals surface area contributed by atoms with E-state index < -0.39 is 6.10 Å². The second-order valence-electron chi connectivity index (χ2n) is 4.32. The molecule has 2 N–H and O–H groups in total. The monoisotopic (exact) mass is 263 g/mol. The van der Waals surface area contributed by atoms with E-state index in [2.05, 4.69) is 5.32 Å². The molecule has 0 aliphatic rings. The van der Waals surface area contributed by atoms with Crippen molar-refractivity contribution in [2.24, 2.45) is 0 Å². The Morgan fingerprint density at radius 2 is 1.42 bits per heavy atom. The van der Waals surface area contributed by atoms with Gasteiger partial charge in [-0.15, -0.1) is 0 Å². The molecule has 0 fully saturated rings. The van der Waals surface area contributed by atoms with Gasteiger partial charge in [-0.25, -0.2) is 8.78 Å². The molecular formula is C15H15F2NO. The highest BCUT2D eigenvalue weighted by molar-refractivity contribution is 5.19. The van der Waals surface area contributed by atoms with Gasteiger partial charge in [0.15, 0.2) is 0 Å². The van der Waals surface area contributed by atoms with E-state index in [-0.39, 0.29) is 11.6 Å². The zero-order valence-corrected chi connectivity index (χ0v) is 10.3. The molecule has 100 valence electrons. The van der Waals surface area contributed by atoms with Crippen molar-refractivity contribution in [2.75, 3.05) is 6.54 Å². The van der Waals surface area contributed by atoms with E-state index in [1.165, 1.54) is 24.3 Å². The quantitative estimate of drug-likeness (QED) is 0.869. The molecule has 4 heteroatoms. The van der Waals surface area contributed by atoms with E-state index in [9.17, 15) is 13.9 Å². The molecule has 0 bridgehead atoms. The molecule has 0 amide bonds. The van der Waals surface area contributed by atoms with Crippen molar-refractivity contribution in [1.29, 1.82) is 0 Å². The van der Waals surface area contributed by atoms with Crippen LogP contribution in [0.3, 0.4) is 0 Å². The molecule has 2 nitrogen and oxygen atoms in total. The minimum absolute atomic E-state index is 0.268. The number of halogens is 2. The molecule has 2 rings (SSSR count). The lowest BCUT2D eigenvalue weighted by molar-refractivity contribution is 0.174. The van der Waals surface area contributed by atoms with Crippen LogP contribution in [0.15, 0.2) is 48.5 Å². The number of aliphatic hydroxyl groups excluding tert-OH is 1. The predicted octanol–water partition coefficient (Wildman–Crippen LogP) is 2.79. The van der Waals surface area contributed by atoms with Gasteiger partial charge < -0.3 is 10.4 Å². The molecule has 2 aromatic carbocycles. The Morgan fingerprint density at radius 3 is 2.00 bits per heavy atom. The van der Waals surface area contributed by atoms with Crippen LogP contribution in [-0.4, -0.2) is 11.7 Å². The number of hydrogen-bond acceptors (Lipinski definition) is 2. The molecule has 0 aromatic heterocycles. The first kappa shape index (κ1) is 13.6. The van der Waals surface area contributed by atoms with Crippen LogP contribution in [0, 0.1) is 11.6 Å². The summed E-state index contributed by atoms with van der Waals surface area (Å²) < 4.78 is 25.4. The maximum Gasteiger partial charge on any atom is 0.123 e. The van der Waals surface area contributed by atoms with E-state index in [4.69, 9.17) is 0 Å². The van der Waals surface area contributed by atoms with Crippen molar-refractivity contribution < 1.29 is 13.9 Å². The fourth-order valence-corrected chi connectivity index (χ4v) is 1.76. The number of hydrogen-bond donors (Lipinski definition) is 2. The van der Waals surface area contributed by atoms with E-state index in [1.54, 1.807) is 24.3 Å². The molecular weight excluding hydrogens is 248 g/mol. The van der Waals surface area contributed by atoms with Gasteiger partial charge in [-0.05, 0) is 35.4 Å². The van der Waals surface area contributed by atoms with Gasteiger partial charge in [-0.1, -0.05) is 24.3 Å². The normalized spacial score (nSPS) is 12.4. The van der Waals surface area contributed by atoms with Gasteiger partial charge in [0.05, 0.1) is 6.10 Å². The Bertz CT molecular complexity index is 511. The molecule has 19 heavy (non-hydrogen) atoms. The molecule has 1 unspecified atom stereocenters. The number of benzene rings is 2. The Balaban J connectivity index is 1.82. The van der Waals surface area contributed by atoms with Crippen molar-refractivity contribution in [2.45, 2.75) is 12.6 Å². The van der Waals surface area contributed by atoms with Crippen LogP contribution in [0.25, 0.3) is 0 Å². The molecule has 0 aliphatic heterocycles. The SMILES string of the molecule is OC(CNCc1ccc(F)cc1)c1ccc(F)cc1. The first-order valence-electron chi connectivity index (χ1n) is 6.04. The zero-order chi connectivity index (χ0) is 13.7. The zero-order valence-electron chi connectivity index (χ0n) is 10.3. The second-order valence-corrected chi connectivity index (χ2v) is 4.32. The predicted molar refractivity (Wildman–Crippen MR) is 69.5 cm³/mol. The van der Waals surface area contributed by atoms with Crippen LogP contribution < -0.4 is 5.32 Å². The highest BCUT2D eigenvalue weighted by Crippen LogP contribution is 2.12. The van der Waals surface area contributed by atoms with Crippen LogP contribution in [0.5, 0.6) is 0 Å². The van der Waals surface area contributed by atoms with Crippen LogP contribution in [-0.2, 0) is 6.54 Å². The Hall–Kier alpha value is -1.78. The van der Waals surface area contributed by atoms with Gasteiger partial charge in [0.1, 0.15) is 11.6 Å². The summed E-state index contributed by atoms with van der Waals surface area (Å²) in [7, 11) is 0. The number of rotatable bonds is 5. The second kappa shape index (κ2) is 6.41. The minimum atomic E-state index is -0.693. The van der Waals surface area contributed by atoms with Gasteiger partial charge in [0.25, 0.3) is 0 Å². The third-order valence-electron chi connectivity index (χ3n) is 2.83. The van der Waals surface area contributed by atoms with E-state index in [0.29, 0.717) is 18.7 Å². The highest BCUT2D eigenvalue weighted by atomic mass is 19.1. The van der Waals surface area contributed by atoms with Gasteiger partial charge in [0, 0.05) is 13.1 Å². The molecule has 0 saturated carbocycles. The summed E-state index contributed by atoms with van der Waals surface area (Å²) >= 11 is 0. The third kappa shape index (κ3) is 4.12. The molecule has 1 atom stereocenters. The summed E-state index contributed by atoms with van der Waals surface area (Å²) in [5, 5.41) is 13.0. The summed E-state index contributed by atoms with van der Waals surface area (Å²) in [5.74, 6) is -0.592. The average molecular weight is 263 g/mol. The minimum Gasteiger partial charge on any atom is -0.387 e. The van der Waals surface area contributed by atoms with Gasteiger partial charge in [0.2, 0.25) is 0 Å². The number of aliphatic hydroxyl groups is 1. The van der Waals surface area contributed by atoms with Crippen LogP contribution in [0.1, 0.15) is 17.2 Å². The topological polar surface area (TPSA) is 32.3 Å². The number of nitrogens with one attached hydrogen (secondary N) is 1. The van der Waals surface area contributed by atoms with E-state index in [1.807, 2.05) is 0 Å². The van der Waals surface area contributed by atoms with Crippen LogP contribution >= 0.6 is 0 Å². The standard InChI is InChI=1S/C15H15F2NO/c16-13-5-1-11(2-6-13)9-18-10-15(19)12-3-7-14(17)8-4-12/h1-8,15,18-19H,9-10H2. The maximum absolute atomic E-state index is 12.7. The Labute approximate surface area is 110 Å². The fraction of sp³-hybridized carbons (Fsp3) is 0.200. The van der Waals surface area contributed by atoms with Crippen molar-refractivity contribution in [1.82, 2.24) is 5.32 Å². The molecule has 0 heterocycles. The molecule has 0 spiro atoms. The third-order valence-corrected chi connectivity index (χ3v) is 2.83. The van der Waals surface area contributed by atoms with Crippen molar-refractivity contribution in [3.05, 3.63) is 71.3 Å². The van der Waals surface area contributed by atoms with Crippen molar-refractivity contribution >= 4 is 0 Å². The Morgan fingerprint density at radius 1 is 0.895 bits per heavy atom. The molecule has 2 aromatic rings. The van der Waals surface area contributed by atoms with Crippen LogP contribution in [0.2, 0.25) is 0 Å². The lowest BCUT2D eigenvalue weighted by atomic mass is 10.1. The van der Waals surface area contributed by atoms with Gasteiger partial charge in [-0.3, -0.25) is 0 Å². The lowest BCUT2D eigenvalue weighted by Crippen LogP contribution is -2.21. The van der Waals surface area contributed by atoms with E-state index >= 15 is 0 Å². The van der Waals surface area contributed by atoms with E-state index in [0.717, 1.165) is 5.56 Å². The molecule has 0 saturated heterocycles. The van der Waals surface area contributed by atoms with Crippen LogP contribution in [0.4, 0.5) is 8.78 Å². The smallest absolute Gasteiger partial charge is 0.123 e. The maximum atomic E-state index is 12.7. The summed E-state index contributed by atoms with van der Waals surface area (Å²) in [5.41, 5.74) is 1.60. The summed E-state index contributed by atoms with van der Waals surface area (Å²) in [6.45, 7) is 0.890. The Kier molecular flexibility index (Phi) is 4.60. The highest BCUT2D eigenvalue weighted by Gasteiger charge is 2.06. The molecule has 0 aliphatic carbocycles. The average Bonchev–Trinajstić information content (AvgIpc) is 2.41. The fourth-order valence-electron chi connectivity index (χ4n) is 1.76. The summed E-state index contributed by atoms with van der Waals surface area (Å²) in [6, 6.07) is 11.9. The van der Waals surface area contributed by atoms with Crippen molar-refractivity contribution in [3.8, 4) is 0 Å². The van der Waals surface area contributed by atoms with Gasteiger partial charge in [-0.2, -0.15) is 0 Å². The largest absolute Gasteiger partial charge is 0.387 e. The van der Waals surface area contributed by atoms with Crippen molar-refractivity contribution in [3.63, 3.8) is 0 Å². The first-order valence-corrected chi connectivity index (χ1v) is 6.04. The lowest BCUT2D eigenvalue weighted by Gasteiger charge is -2.12. The summed E-state index contributed by atoms with van der Waals surface area (Å²) in [6.07, 6.45) is -0.693. The summed E-state index contributed by atoms with van der Waals surface area (Å²) in [4.78, 5) is 0. The molecule has 0 radical (unpaired) electrons.